The Kier molecular flexibility index (Phi) is 6.68. The number of benzene rings is 1. The molecule has 1 N–H and O–H groups in total. The predicted molar refractivity (Wildman–Crippen MR) is 103 cm³/mol. The van der Waals surface area contributed by atoms with Gasteiger partial charge in [0.25, 0.3) is 6.71 Å². The zero-order chi connectivity index (χ0) is 17.5. The van der Waals surface area contributed by atoms with Crippen molar-refractivity contribution in [2.24, 2.45) is 4.99 Å². The van der Waals surface area contributed by atoms with Crippen LogP contribution in [0.4, 0.5) is 0 Å². The van der Waals surface area contributed by atoms with Gasteiger partial charge in [-0.15, -0.1) is 11.8 Å². The summed E-state index contributed by atoms with van der Waals surface area (Å²) in [5, 5.41) is 12.1. The number of hydrogen-bond donors (Lipinski definition) is 1. The fourth-order valence-electron chi connectivity index (χ4n) is 3.07. The van der Waals surface area contributed by atoms with Crippen molar-refractivity contribution in [1.29, 1.82) is 5.26 Å². The second-order valence-corrected chi connectivity index (χ2v) is 6.78. The van der Waals surface area contributed by atoms with Crippen LogP contribution in [0.3, 0.4) is 0 Å². The third-order valence-corrected chi connectivity index (χ3v) is 5.41. The van der Waals surface area contributed by atoms with Gasteiger partial charge in [-0.25, -0.2) is 5.26 Å². The number of amides is 1. The van der Waals surface area contributed by atoms with Gasteiger partial charge in [0.2, 0.25) is 5.91 Å². The molecule has 0 aliphatic carbocycles. The summed E-state index contributed by atoms with van der Waals surface area (Å²) in [6.07, 6.45) is 4.64. The van der Waals surface area contributed by atoms with Crippen LogP contribution in [0.5, 0.6) is 0 Å². The Bertz CT molecular complexity index is 678. The topological polar surface area (TPSA) is 65.2 Å². The molecule has 1 saturated heterocycles. The summed E-state index contributed by atoms with van der Waals surface area (Å²) in [7, 11) is 0. The quantitative estimate of drug-likeness (QED) is 0.634. The van der Waals surface area contributed by atoms with Gasteiger partial charge in [-0.05, 0) is 37.4 Å². The van der Waals surface area contributed by atoms with Crippen LogP contribution in [0, 0.1) is 11.2 Å². The molecule has 0 aromatic heterocycles. The van der Waals surface area contributed by atoms with Gasteiger partial charge >= 0.3 is 0 Å². The lowest BCUT2D eigenvalue weighted by atomic mass is 9.44. The van der Waals surface area contributed by atoms with E-state index in [2.05, 4.69) is 23.0 Å². The molecular formula is C18H22BN3OS. The minimum Gasteiger partial charge on any atom is -0.352 e. The van der Waals surface area contributed by atoms with E-state index in [0.717, 1.165) is 40.9 Å². The standard InChI is InChI=1S/C18H22BN3OS/c1-13(21-2)17(24-3)15-8-6-14(7-9-15)11-22-18(23)16-5-4-10-19(16)12-20/h6-9,16H,2,4-5,10-11H2,1,3H3,(H,22,23)/b17-13-/t16-/m0/s1. The molecule has 1 atom stereocenters. The van der Waals surface area contributed by atoms with E-state index < -0.39 is 0 Å². The Balaban J connectivity index is 1.98. The number of rotatable bonds is 6. The molecule has 1 aromatic carbocycles. The molecule has 0 bridgehead atoms. The summed E-state index contributed by atoms with van der Waals surface area (Å²) in [6, 6.07) is 8.10. The Labute approximate surface area is 148 Å². The zero-order valence-electron chi connectivity index (χ0n) is 14.2. The monoisotopic (exact) mass is 339 g/mol. The van der Waals surface area contributed by atoms with Crippen molar-refractivity contribution >= 4 is 36.0 Å². The first-order valence-corrected chi connectivity index (χ1v) is 9.31. The number of nitrogens with zero attached hydrogens (tertiary/aromatic N) is 2. The predicted octanol–water partition coefficient (Wildman–Crippen LogP) is 3.78. The fourth-order valence-corrected chi connectivity index (χ4v) is 3.80. The van der Waals surface area contributed by atoms with Crippen LogP contribution in [0.2, 0.25) is 12.1 Å². The molecule has 1 aliphatic rings. The van der Waals surface area contributed by atoms with E-state index in [4.69, 9.17) is 5.26 Å². The molecule has 0 saturated carbocycles. The number of carbonyl (C=O) groups is 1. The molecular weight excluding hydrogens is 317 g/mol. The van der Waals surface area contributed by atoms with Crippen LogP contribution >= 0.6 is 11.8 Å². The van der Waals surface area contributed by atoms with Gasteiger partial charge in [0.1, 0.15) is 0 Å². The van der Waals surface area contributed by atoms with Gasteiger partial charge in [-0.2, -0.15) is 0 Å². The van der Waals surface area contributed by atoms with E-state index in [9.17, 15) is 4.79 Å². The SMILES string of the molecule is C=N/C(C)=C(\SC)c1ccc(CNC(=O)[C@@H]2CCCB2C#N)cc1. The van der Waals surface area contributed by atoms with E-state index >= 15 is 0 Å². The van der Waals surface area contributed by atoms with Crippen LogP contribution < -0.4 is 5.32 Å². The van der Waals surface area contributed by atoms with E-state index in [1.165, 1.54) is 0 Å². The van der Waals surface area contributed by atoms with Crippen LogP contribution in [0.25, 0.3) is 4.91 Å². The number of carbonyl (C=O) groups excluding carboxylic acids is 1. The zero-order valence-corrected chi connectivity index (χ0v) is 15.0. The molecule has 24 heavy (non-hydrogen) atoms. The van der Waals surface area contributed by atoms with E-state index in [-0.39, 0.29) is 18.4 Å². The third kappa shape index (κ3) is 4.30. The lowest BCUT2D eigenvalue weighted by molar-refractivity contribution is -0.121. The Hall–Kier alpha value is -2.00. The van der Waals surface area contributed by atoms with Crippen molar-refractivity contribution in [2.45, 2.75) is 38.4 Å². The summed E-state index contributed by atoms with van der Waals surface area (Å²) in [5.41, 5.74) is 3.05. The first-order valence-electron chi connectivity index (χ1n) is 8.09. The second kappa shape index (κ2) is 8.74. The number of nitrogens with one attached hydrogen (secondary N) is 1. The van der Waals surface area contributed by atoms with Crippen molar-refractivity contribution in [3.05, 3.63) is 41.1 Å². The normalized spacial score (nSPS) is 17.9. The van der Waals surface area contributed by atoms with E-state index in [0.29, 0.717) is 6.54 Å². The Morgan fingerprint density at radius 3 is 2.79 bits per heavy atom. The maximum Gasteiger partial charge on any atom is 0.280 e. The van der Waals surface area contributed by atoms with Gasteiger partial charge in [0.05, 0.1) is 5.70 Å². The van der Waals surface area contributed by atoms with Gasteiger partial charge < -0.3 is 5.32 Å². The van der Waals surface area contributed by atoms with E-state index in [1.807, 2.05) is 37.4 Å². The molecule has 1 heterocycles. The molecule has 0 unspecified atom stereocenters. The lowest BCUT2D eigenvalue weighted by Gasteiger charge is -2.12. The summed E-state index contributed by atoms with van der Waals surface area (Å²) >= 11 is 1.64. The highest BCUT2D eigenvalue weighted by Gasteiger charge is 2.36. The average molecular weight is 339 g/mol. The maximum atomic E-state index is 12.2. The van der Waals surface area contributed by atoms with Crippen molar-refractivity contribution in [3.63, 3.8) is 0 Å². The summed E-state index contributed by atoms with van der Waals surface area (Å²) in [4.78, 5) is 17.3. The Morgan fingerprint density at radius 1 is 1.50 bits per heavy atom. The molecule has 1 amide bonds. The molecule has 4 nitrogen and oxygen atoms in total. The van der Waals surface area contributed by atoms with Crippen LogP contribution in [0.1, 0.15) is 30.9 Å². The van der Waals surface area contributed by atoms with Crippen molar-refractivity contribution < 1.29 is 4.79 Å². The van der Waals surface area contributed by atoms with Crippen LogP contribution in [0.15, 0.2) is 35.0 Å². The van der Waals surface area contributed by atoms with Gasteiger partial charge in [-0.1, -0.05) is 37.0 Å². The average Bonchev–Trinajstić information content (AvgIpc) is 3.10. The molecule has 6 heteroatoms. The third-order valence-electron chi connectivity index (χ3n) is 4.47. The summed E-state index contributed by atoms with van der Waals surface area (Å²) in [6.45, 7) is 5.89. The van der Waals surface area contributed by atoms with Gasteiger partial charge in [0, 0.05) is 23.2 Å². The van der Waals surface area contributed by atoms with Crippen LogP contribution in [-0.4, -0.2) is 25.6 Å². The number of hydrogen-bond acceptors (Lipinski definition) is 4. The van der Waals surface area contributed by atoms with Gasteiger partial charge in [0.15, 0.2) is 0 Å². The van der Waals surface area contributed by atoms with Crippen molar-refractivity contribution in [1.82, 2.24) is 5.32 Å². The van der Waals surface area contributed by atoms with Crippen LogP contribution in [-0.2, 0) is 11.3 Å². The first kappa shape index (κ1) is 18.3. The first-order chi connectivity index (χ1) is 11.6. The molecule has 124 valence electrons. The highest BCUT2D eigenvalue weighted by atomic mass is 32.2. The highest BCUT2D eigenvalue weighted by Crippen LogP contribution is 2.31. The second-order valence-electron chi connectivity index (χ2n) is 5.96. The largest absolute Gasteiger partial charge is 0.352 e. The number of thioether (sulfide) groups is 1. The van der Waals surface area contributed by atoms with Crippen molar-refractivity contribution in [2.75, 3.05) is 6.26 Å². The molecule has 0 spiro atoms. The minimum absolute atomic E-state index is 0.000438. The van der Waals surface area contributed by atoms with Gasteiger partial charge in [-0.3, -0.25) is 9.79 Å². The van der Waals surface area contributed by atoms with Crippen molar-refractivity contribution in [3.8, 4) is 5.97 Å². The summed E-state index contributed by atoms with van der Waals surface area (Å²) in [5.74, 6) is 2.10. The summed E-state index contributed by atoms with van der Waals surface area (Å²) < 4.78 is 0. The van der Waals surface area contributed by atoms with E-state index in [1.54, 1.807) is 11.8 Å². The maximum absolute atomic E-state index is 12.2. The molecule has 1 aromatic rings. The molecule has 0 radical (unpaired) electrons. The molecule has 1 aliphatic heterocycles. The number of aliphatic imine (C=N–C) groups is 1. The molecule has 2 rings (SSSR count). The molecule has 1 fully saturated rings. The fraction of sp³-hybridized carbons (Fsp3) is 0.389. The highest BCUT2D eigenvalue weighted by molar-refractivity contribution is 8.07. The smallest absolute Gasteiger partial charge is 0.280 e. The Morgan fingerprint density at radius 2 is 2.21 bits per heavy atom. The lowest BCUT2D eigenvalue weighted by Crippen LogP contribution is -2.32. The minimum atomic E-state index is -0.151. The number of nitriles is 1. The number of allylic oxidation sites excluding steroid dienone is 1.